The van der Waals surface area contributed by atoms with Gasteiger partial charge >= 0.3 is 0 Å². The fourth-order valence-electron chi connectivity index (χ4n) is 8.97. The molecule has 4 fully saturated rings. The van der Waals surface area contributed by atoms with Gasteiger partial charge in [-0.25, -0.2) is 0 Å². The Bertz CT molecular complexity index is 663. The Balaban J connectivity index is 1.29. The van der Waals surface area contributed by atoms with Crippen LogP contribution in [0.5, 0.6) is 0 Å². The standard InChI is InChI=1S/C27H44O2/c1-18(5-4-12-27(29)15-16-27)22-8-9-23-21-7-6-19-17-20(28)10-13-25(19,2)24(21)11-14-26(22,23)3/h6,18,20-24,28-29H,4-5,7-17H2,1-3H3/t18?,20-,21-,22+,23-,24-,25-,26+/m0/s1. The molecule has 0 radical (unpaired) electrons. The highest BCUT2D eigenvalue weighted by atomic mass is 16.3. The van der Waals surface area contributed by atoms with Crippen LogP contribution < -0.4 is 0 Å². The van der Waals surface area contributed by atoms with Crippen molar-refractivity contribution in [2.24, 2.45) is 40.4 Å². The molecular formula is C27H44O2. The van der Waals surface area contributed by atoms with Crippen LogP contribution in [0.4, 0.5) is 0 Å². The van der Waals surface area contributed by atoms with Crippen molar-refractivity contribution in [1.29, 1.82) is 0 Å². The van der Waals surface area contributed by atoms with Crippen molar-refractivity contribution in [3.8, 4) is 0 Å². The number of rotatable bonds is 5. The van der Waals surface area contributed by atoms with Gasteiger partial charge < -0.3 is 10.2 Å². The number of allylic oxidation sites excluding steroid dienone is 1. The van der Waals surface area contributed by atoms with Crippen LogP contribution in [-0.4, -0.2) is 21.9 Å². The predicted molar refractivity (Wildman–Crippen MR) is 118 cm³/mol. The first-order chi connectivity index (χ1) is 13.8. The third kappa shape index (κ3) is 3.36. The lowest BCUT2D eigenvalue weighted by molar-refractivity contribution is -0.0574. The van der Waals surface area contributed by atoms with Gasteiger partial charge in [0.2, 0.25) is 0 Å². The molecule has 29 heavy (non-hydrogen) atoms. The van der Waals surface area contributed by atoms with E-state index >= 15 is 0 Å². The maximum Gasteiger partial charge on any atom is 0.0650 e. The Morgan fingerprint density at radius 1 is 1.03 bits per heavy atom. The van der Waals surface area contributed by atoms with Crippen LogP contribution in [0.3, 0.4) is 0 Å². The van der Waals surface area contributed by atoms with Crippen molar-refractivity contribution < 1.29 is 10.2 Å². The zero-order chi connectivity index (χ0) is 20.4. The van der Waals surface area contributed by atoms with Crippen LogP contribution in [0.2, 0.25) is 0 Å². The lowest BCUT2D eigenvalue weighted by atomic mass is 9.47. The number of hydrogen-bond acceptors (Lipinski definition) is 2. The third-order valence-corrected chi connectivity index (χ3v) is 11.0. The van der Waals surface area contributed by atoms with Gasteiger partial charge in [0, 0.05) is 0 Å². The van der Waals surface area contributed by atoms with Crippen LogP contribution in [0, 0.1) is 40.4 Å². The van der Waals surface area contributed by atoms with E-state index < -0.39 is 0 Å². The summed E-state index contributed by atoms with van der Waals surface area (Å²) in [5.41, 5.74) is 2.23. The summed E-state index contributed by atoms with van der Waals surface area (Å²) in [6.45, 7) is 7.72. The second kappa shape index (κ2) is 7.09. The van der Waals surface area contributed by atoms with Crippen molar-refractivity contribution in [1.82, 2.24) is 0 Å². The molecule has 0 bridgehead atoms. The second-order valence-electron chi connectivity index (χ2n) is 12.5. The Kier molecular flexibility index (Phi) is 5.03. The first kappa shape index (κ1) is 20.6. The van der Waals surface area contributed by atoms with E-state index in [4.69, 9.17) is 0 Å². The molecular weight excluding hydrogens is 356 g/mol. The average molecular weight is 401 g/mol. The van der Waals surface area contributed by atoms with Gasteiger partial charge in [-0.2, -0.15) is 0 Å². The zero-order valence-corrected chi connectivity index (χ0v) is 19.1. The minimum Gasteiger partial charge on any atom is -0.393 e. The summed E-state index contributed by atoms with van der Waals surface area (Å²) in [7, 11) is 0. The van der Waals surface area contributed by atoms with Crippen LogP contribution in [0.15, 0.2) is 11.6 Å². The Labute approximate surface area is 178 Å². The molecule has 0 heterocycles. The molecule has 4 saturated carbocycles. The molecule has 0 aromatic heterocycles. The van der Waals surface area contributed by atoms with Gasteiger partial charge in [-0.1, -0.05) is 45.3 Å². The summed E-state index contributed by atoms with van der Waals surface area (Å²) in [5, 5.41) is 20.4. The number of hydrogen-bond donors (Lipinski definition) is 2. The Hall–Kier alpha value is -0.340. The van der Waals surface area contributed by atoms with Gasteiger partial charge in [0.25, 0.3) is 0 Å². The maximum absolute atomic E-state index is 10.2. The predicted octanol–water partition coefficient (Wildman–Crippen LogP) is 6.26. The fraction of sp³-hybridized carbons (Fsp3) is 0.926. The first-order valence-corrected chi connectivity index (χ1v) is 12.9. The Morgan fingerprint density at radius 3 is 2.59 bits per heavy atom. The molecule has 5 rings (SSSR count). The van der Waals surface area contributed by atoms with Gasteiger partial charge in [0.05, 0.1) is 11.7 Å². The SMILES string of the molecule is CC(CCCC1(O)CC1)[C@H]1CC[C@H]2[C@@H]3CC=C4C[C@@H](O)CC[C@]4(C)[C@H]3CC[C@]12C. The highest BCUT2D eigenvalue weighted by Gasteiger charge is 2.59. The third-order valence-electron chi connectivity index (χ3n) is 11.0. The summed E-state index contributed by atoms with van der Waals surface area (Å²) >= 11 is 0. The average Bonchev–Trinajstić information content (AvgIpc) is 3.29. The molecule has 0 spiro atoms. The number of aliphatic hydroxyl groups excluding tert-OH is 1. The van der Waals surface area contributed by atoms with E-state index in [1.807, 2.05) is 0 Å². The zero-order valence-electron chi connectivity index (χ0n) is 19.1. The summed E-state index contributed by atoms with van der Waals surface area (Å²) < 4.78 is 0. The molecule has 2 nitrogen and oxygen atoms in total. The van der Waals surface area contributed by atoms with E-state index in [0.29, 0.717) is 10.8 Å². The number of fused-ring (bicyclic) bond motifs is 5. The molecule has 0 aromatic carbocycles. The molecule has 5 aliphatic rings. The molecule has 8 atom stereocenters. The largest absolute Gasteiger partial charge is 0.393 e. The van der Waals surface area contributed by atoms with Crippen LogP contribution in [0.1, 0.15) is 104 Å². The normalized spacial score (nSPS) is 48.9. The van der Waals surface area contributed by atoms with E-state index in [1.165, 1.54) is 51.4 Å². The van der Waals surface area contributed by atoms with Gasteiger partial charge in [-0.15, -0.1) is 0 Å². The van der Waals surface area contributed by atoms with E-state index in [9.17, 15) is 10.2 Å². The van der Waals surface area contributed by atoms with Crippen molar-refractivity contribution >= 4 is 0 Å². The fourth-order valence-corrected chi connectivity index (χ4v) is 8.97. The van der Waals surface area contributed by atoms with Gasteiger partial charge in [-0.05, 0) is 111 Å². The molecule has 164 valence electrons. The van der Waals surface area contributed by atoms with Crippen molar-refractivity contribution in [2.45, 2.75) is 116 Å². The molecule has 1 unspecified atom stereocenters. The minimum absolute atomic E-state index is 0.0925. The quantitative estimate of drug-likeness (QED) is 0.535. The smallest absolute Gasteiger partial charge is 0.0650 e. The van der Waals surface area contributed by atoms with Crippen molar-refractivity contribution in [3.05, 3.63) is 11.6 Å². The van der Waals surface area contributed by atoms with E-state index in [-0.39, 0.29) is 11.7 Å². The van der Waals surface area contributed by atoms with Crippen molar-refractivity contribution in [3.63, 3.8) is 0 Å². The molecule has 0 saturated heterocycles. The molecule has 0 aliphatic heterocycles. The summed E-state index contributed by atoms with van der Waals surface area (Å²) in [6, 6.07) is 0. The van der Waals surface area contributed by atoms with Crippen LogP contribution in [-0.2, 0) is 0 Å². The van der Waals surface area contributed by atoms with Gasteiger partial charge in [0.1, 0.15) is 0 Å². The lowest BCUT2D eigenvalue weighted by Gasteiger charge is -2.58. The number of aliphatic hydroxyl groups is 2. The molecule has 0 aromatic rings. The van der Waals surface area contributed by atoms with E-state index in [0.717, 1.165) is 61.7 Å². The minimum atomic E-state index is -0.269. The van der Waals surface area contributed by atoms with Crippen LogP contribution >= 0.6 is 0 Å². The Morgan fingerprint density at radius 2 is 1.83 bits per heavy atom. The van der Waals surface area contributed by atoms with Crippen molar-refractivity contribution in [2.75, 3.05) is 0 Å². The van der Waals surface area contributed by atoms with Gasteiger partial charge in [0.15, 0.2) is 0 Å². The summed E-state index contributed by atoms with van der Waals surface area (Å²) in [6.07, 6.45) is 18.2. The monoisotopic (exact) mass is 400 g/mol. The summed E-state index contributed by atoms with van der Waals surface area (Å²) in [4.78, 5) is 0. The highest BCUT2D eigenvalue weighted by molar-refractivity contribution is 5.25. The molecule has 0 amide bonds. The highest BCUT2D eigenvalue weighted by Crippen LogP contribution is 2.67. The molecule has 2 N–H and O–H groups in total. The van der Waals surface area contributed by atoms with Gasteiger partial charge in [-0.3, -0.25) is 0 Å². The van der Waals surface area contributed by atoms with Crippen LogP contribution in [0.25, 0.3) is 0 Å². The second-order valence-corrected chi connectivity index (χ2v) is 12.5. The van der Waals surface area contributed by atoms with E-state index in [2.05, 4.69) is 26.8 Å². The molecule has 5 aliphatic carbocycles. The molecule has 2 heteroatoms. The summed E-state index contributed by atoms with van der Waals surface area (Å²) in [5.74, 6) is 4.32. The van der Waals surface area contributed by atoms with E-state index in [1.54, 1.807) is 5.57 Å². The first-order valence-electron chi connectivity index (χ1n) is 12.9. The topological polar surface area (TPSA) is 40.5 Å². The lowest BCUT2D eigenvalue weighted by Crippen LogP contribution is -2.50. The maximum atomic E-state index is 10.2.